The van der Waals surface area contributed by atoms with E-state index in [9.17, 15) is 0 Å². The van der Waals surface area contributed by atoms with Crippen molar-refractivity contribution in [3.8, 4) is 22.6 Å². The van der Waals surface area contributed by atoms with Gasteiger partial charge in [0, 0.05) is 55.8 Å². The van der Waals surface area contributed by atoms with Crippen molar-refractivity contribution in [2.45, 2.75) is 13.0 Å². The molecule has 4 heterocycles. The Morgan fingerprint density at radius 3 is 2.54 bits per heavy atom. The van der Waals surface area contributed by atoms with E-state index in [0.717, 1.165) is 60.5 Å². The van der Waals surface area contributed by atoms with Crippen molar-refractivity contribution in [1.82, 2.24) is 29.7 Å². The summed E-state index contributed by atoms with van der Waals surface area (Å²) in [5, 5.41) is 8.84. The van der Waals surface area contributed by atoms with Crippen LogP contribution in [0.15, 0.2) is 67.1 Å². The lowest BCUT2D eigenvalue weighted by molar-refractivity contribution is 0.684. The molecule has 3 aromatic heterocycles. The number of hydrogen-bond acceptors (Lipinski definition) is 6. The minimum Gasteiger partial charge on any atom is -0.339 e. The Balaban J connectivity index is 1.40. The van der Waals surface area contributed by atoms with E-state index in [1.165, 1.54) is 0 Å². The first kappa shape index (κ1) is 16.6. The molecule has 0 amide bonds. The zero-order valence-corrected chi connectivity index (χ0v) is 15.3. The Morgan fingerprint density at radius 1 is 0.786 bits per heavy atom. The molecule has 0 unspecified atom stereocenters. The van der Waals surface area contributed by atoms with Crippen LogP contribution in [0.2, 0.25) is 0 Å². The van der Waals surface area contributed by atoms with Gasteiger partial charge in [-0.1, -0.05) is 30.3 Å². The maximum Gasteiger partial charge on any atom is 0.225 e. The summed E-state index contributed by atoms with van der Waals surface area (Å²) in [4.78, 5) is 15.7. The highest BCUT2D eigenvalue weighted by Gasteiger charge is 2.21. The number of nitrogens with zero attached hydrogens (tertiary/aromatic N) is 7. The van der Waals surface area contributed by atoms with Gasteiger partial charge in [0.25, 0.3) is 0 Å². The third-order valence-corrected chi connectivity index (χ3v) is 4.94. The predicted molar refractivity (Wildman–Crippen MR) is 107 cm³/mol. The lowest BCUT2D eigenvalue weighted by atomic mass is 10.2. The molecule has 7 heteroatoms. The van der Waals surface area contributed by atoms with Gasteiger partial charge in [-0.25, -0.2) is 9.97 Å². The molecular weight excluding hydrogens is 350 g/mol. The number of fused-ring (bicyclic) bond motifs is 1. The average molecular weight is 369 g/mol. The molecule has 28 heavy (non-hydrogen) atoms. The molecule has 0 N–H and O–H groups in total. The van der Waals surface area contributed by atoms with Gasteiger partial charge in [0.15, 0.2) is 5.82 Å². The molecule has 5 rings (SSSR count). The molecule has 4 aromatic rings. The van der Waals surface area contributed by atoms with Crippen LogP contribution in [0.3, 0.4) is 0 Å². The molecule has 7 nitrogen and oxygen atoms in total. The van der Waals surface area contributed by atoms with Crippen molar-refractivity contribution in [1.29, 1.82) is 0 Å². The number of aromatic nitrogens is 6. The summed E-state index contributed by atoms with van der Waals surface area (Å²) < 4.78 is 2.21. The van der Waals surface area contributed by atoms with Crippen molar-refractivity contribution in [2.24, 2.45) is 0 Å². The van der Waals surface area contributed by atoms with E-state index in [4.69, 9.17) is 4.98 Å². The molecule has 0 atom stereocenters. The number of benzene rings is 1. The lowest BCUT2D eigenvalue weighted by Crippen LogP contribution is -2.28. The number of hydrogen-bond donors (Lipinski definition) is 0. The van der Waals surface area contributed by atoms with Gasteiger partial charge >= 0.3 is 0 Å². The second-order valence-electron chi connectivity index (χ2n) is 6.68. The topological polar surface area (TPSA) is 72.6 Å². The predicted octanol–water partition coefficient (Wildman–Crippen LogP) is 2.86. The highest BCUT2D eigenvalue weighted by molar-refractivity contribution is 5.59. The summed E-state index contributed by atoms with van der Waals surface area (Å²) >= 11 is 0. The van der Waals surface area contributed by atoms with Crippen LogP contribution in [0, 0.1) is 0 Å². The van der Waals surface area contributed by atoms with Gasteiger partial charge in [0.1, 0.15) is 5.82 Å². The smallest absolute Gasteiger partial charge is 0.225 e. The van der Waals surface area contributed by atoms with Crippen molar-refractivity contribution in [3.05, 3.63) is 72.9 Å². The Hall–Kier alpha value is -3.61. The van der Waals surface area contributed by atoms with Gasteiger partial charge in [0.05, 0.1) is 5.69 Å². The monoisotopic (exact) mass is 369 g/mol. The van der Waals surface area contributed by atoms with Crippen LogP contribution in [0.5, 0.6) is 0 Å². The molecule has 1 aromatic carbocycles. The summed E-state index contributed by atoms with van der Waals surface area (Å²) in [7, 11) is 0. The minimum absolute atomic E-state index is 0.737. The summed E-state index contributed by atoms with van der Waals surface area (Å²) in [6.07, 6.45) is 6.20. The second kappa shape index (κ2) is 7.19. The van der Waals surface area contributed by atoms with Crippen molar-refractivity contribution in [2.75, 3.05) is 18.0 Å². The minimum atomic E-state index is 0.737. The molecule has 0 aliphatic carbocycles. The first-order valence-corrected chi connectivity index (χ1v) is 9.34. The molecule has 0 radical (unpaired) electrons. The van der Waals surface area contributed by atoms with Gasteiger partial charge in [-0.15, -0.1) is 10.2 Å². The highest BCUT2D eigenvalue weighted by Crippen LogP contribution is 2.22. The van der Waals surface area contributed by atoms with E-state index in [2.05, 4.69) is 41.8 Å². The van der Waals surface area contributed by atoms with E-state index in [-0.39, 0.29) is 0 Å². The average Bonchev–Trinajstić information content (AvgIpc) is 3.06. The first-order chi connectivity index (χ1) is 13.9. The van der Waals surface area contributed by atoms with Crippen LogP contribution in [-0.4, -0.2) is 42.8 Å². The van der Waals surface area contributed by atoms with Gasteiger partial charge < -0.3 is 9.47 Å². The molecule has 1 aliphatic rings. The Labute approximate surface area is 162 Å². The van der Waals surface area contributed by atoms with E-state index in [1.54, 1.807) is 6.20 Å². The van der Waals surface area contributed by atoms with Crippen LogP contribution in [0.4, 0.5) is 5.95 Å². The molecule has 0 saturated heterocycles. The van der Waals surface area contributed by atoms with Crippen molar-refractivity contribution >= 4 is 5.95 Å². The van der Waals surface area contributed by atoms with Crippen LogP contribution < -0.4 is 4.90 Å². The molecular formula is C21H19N7. The molecule has 0 bridgehead atoms. The van der Waals surface area contributed by atoms with Crippen molar-refractivity contribution in [3.63, 3.8) is 0 Å². The Kier molecular flexibility index (Phi) is 4.25. The molecule has 138 valence electrons. The Morgan fingerprint density at radius 2 is 1.68 bits per heavy atom. The van der Waals surface area contributed by atoms with Gasteiger partial charge in [-0.3, -0.25) is 4.98 Å². The lowest BCUT2D eigenvalue weighted by Gasteiger charge is -2.20. The number of pyridine rings is 1. The highest BCUT2D eigenvalue weighted by atomic mass is 15.3. The number of rotatable bonds is 3. The maximum absolute atomic E-state index is 4.77. The third kappa shape index (κ3) is 3.11. The fourth-order valence-corrected chi connectivity index (χ4v) is 3.50. The Bertz CT molecular complexity index is 1080. The number of anilines is 1. The molecule has 0 spiro atoms. The normalized spacial score (nSPS) is 13.8. The standard InChI is InChI=1S/C21H19N7/c1-2-5-16(6-3-1)20-26-25-19-9-12-27(13-14-28(19)20)21-23-11-8-18(24-21)17-7-4-10-22-15-17/h1-8,10-11,15H,9,12-14H2. The molecule has 0 saturated carbocycles. The van der Waals surface area contributed by atoms with Crippen LogP contribution in [0.1, 0.15) is 5.82 Å². The first-order valence-electron chi connectivity index (χ1n) is 9.34. The zero-order chi connectivity index (χ0) is 18.8. The summed E-state index contributed by atoms with van der Waals surface area (Å²) in [5.74, 6) is 2.66. The van der Waals surface area contributed by atoms with Gasteiger partial charge in [-0.2, -0.15) is 0 Å². The maximum atomic E-state index is 4.77. The second-order valence-corrected chi connectivity index (χ2v) is 6.68. The largest absolute Gasteiger partial charge is 0.339 e. The molecule has 1 aliphatic heterocycles. The van der Waals surface area contributed by atoms with E-state index in [0.29, 0.717) is 0 Å². The molecule has 0 fully saturated rings. The summed E-state index contributed by atoms with van der Waals surface area (Å²) in [5.41, 5.74) is 2.96. The third-order valence-electron chi connectivity index (χ3n) is 4.94. The SMILES string of the molecule is c1ccc(-c2nnc3n2CCN(c2nccc(-c4cccnc4)n2)CC3)cc1. The van der Waals surface area contributed by atoms with E-state index >= 15 is 0 Å². The summed E-state index contributed by atoms with van der Waals surface area (Å²) in [6, 6.07) is 16.0. The van der Waals surface area contributed by atoms with Crippen molar-refractivity contribution < 1.29 is 0 Å². The van der Waals surface area contributed by atoms with Crippen LogP contribution >= 0.6 is 0 Å². The summed E-state index contributed by atoms with van der Waals surface area (Å²) in [6.45, 7) is 2.41. The van der Waals surface area contributed by atoms with Crippen LogP contribution in [0.25, 0.3) is 22.6 Å². The van der Waals surface area contributed by atoms with Crippen LogP contribution in [-0.2, 0) is 13.0 Å². The van der Waals surface area contributed by atoms with E-state index in [1.807, 2.05) is 48.8 Å². The van der Waals surface area contributed by atoms with E-state index < -0.39 is 0 Å². The fraction of sp³-hybridized carbons (Fsp3) is 0.190. The van der Waals surface area contributed by atoms with Gasteiger partial charge in [0.2, 0.25) is 5.95 Å². The fourth-order valence-electron chi connectivity index (χ4n) is 3.50. The van der Waals surface area contributed by atoms with Gasteiger partial charge in [-0.05, 0) is 18.2 Å². The quantitative estimate of drug-likeness (QED) is 0.553. The zero-order valence-electron chi connectivity index (χ0n) is 15.3.